The molecule has 0 spiro atoms. The van der Waals surface area contributed by atoms with Crippen LogP contribution < -0.4 is 25.4 Å². The fraction of sp³-hybridized carbons (Fsp3) is 0.333. The molecule has 3 N–H and O–H groups in total. The number of pyridine rings is 1. The van der Waals surface area contributed by atoms with E-state index >= 15 is 0 Å². The van der Waals surface area contributed by atoms with Gasteiger partial charge in [-0.25, -0.2) is 9.78 Å². The van der Waals surface area contributed by atoms with Crippen molar-refractivity contribution in [1.29, 1.82) is 0 Å². The lowest BCUT2D eigenvalue weighted by Crippen LogP contribution is -2.20. The van der Waals surface area contributed by atoms with Crippen LogP contribution in [0.3, 0.4) is 0 Å². The van der Waals surface area contributed by atoms with E-state index in [0.29, 0.717) is 48.3 Å². The van der Waals surface area contributed by atoms with Crippen molar-refractivity contribution in [1.82, 2.24) is 4.98 Å². The molecule has 10 nitrogen and oxygen atoms in total. The number of hydrogen-bond acceptors (Lipinski definition) is 7. The molecular formula is C30H38N4O6. The van der Waals surface area contributed by atoms with Gasteiger partial charge in [0, 0.05) is 30.1 Å². The lowest BCUT2D eigenvalue weighted by atomic mass is 10.1. The van der Waals surface area contributed by atoms with Crippen LogP contribution in [-0.2, 0) is 20.7 Å². The Morgan fingerprint density at radius 1 is 0.900 bits per heavy atom. The van der Waals surface area contributed by atoms with Crippen LogP contribution in [0.2, 0.25) is 0 Å². The highest BCUT2D eigenvalue weighted by Crippen LogP contribution is 2.30. The summed E-state index contributed by atoms with van der Waals surface area (Å²) in [6.07, 6.45) is 2.50. The van der Waals surface area contributed by atoms with Crippen molar-refractivity contribution in [3.05, 3.63) is 71.9 Å². The topological polar surface area (TPSA) is 128 Å². The molecule has 1 aromatic heterocycles. The first kappa shape index (κ1) is 31.6. The van der Waals surface area contributed by atoms with Crippen molar-refractivity contribution in [2.75, 3.05) is 36.3 Å². The Labute approximate surface area is 235 Å². The summed E-state index contributed by atoms with van der Waals surface area (Å²) in [6.45, 7) is 8.27. The van der Waals surface area contributed by atoms with E-state index in [1.807, 2.05) is 26.8 Å². The predicted octanol–water partition coefficient (Wildman–Crippen LogP) is 5.97. The highest BCUT2D eigenvalue weighted by molar-refractivity contribution is 5.99. The average molecular weight is 551 g/mol. The van der Waals surface area contributed by atoms with E-state index < -0.39 is 6.03 Å². The summed E-state index contributed by atoms with van der Waals surface area (Å²) in [5.74, 6) is 0.985. The predicted molar refractivity (Wildman–Crippen MR) is 156 cm³/mol. The normalized spacial score (nSPS) is 9.93. The minimum atomic E-state index is -0.407. The van der Waals surface area contributed by atoms with Crippen molar-refractivity contribution < 1.29 is 28.6 Å². The second-order valence-corrected chi connectivity index (χ2v) is 8.29. The molecule has 3 rings (SSSR count). The lowest BCUT2D eigenvalue weighted by Gasteiger charge is -2.13. The first-order chi connectivity index (χ1) is 19.4. The zero-order valence-electron chi connectivity index (χ0n) is 23.7. The molecule has 40 heavy (non-hydrogen) atoms. The first-order valence-corrected chi connectivity index (χ1v) is 13.2. The number of ether oxygens (including phenoxy) is 3. The standard InChI is InChI=1S/C28H32N4O6.C2H6/c1-4-37-26(34)8-6-16-38-24-18-22(13-14-23(24)36-3)30-25(33)17-20-9-11-21(12-10-20)31-28(35)32-27-19(2)7-5-15-29-27;1-2/h5,7,9-15,18H,4,6,8,16-17H2,1-3H3,(H,30,33)(H2,29,31,32,35);1-2H3. The third kappa shape index (κ3) is 10.6. The van der Waals surface area contributed by atoms with Gasteiger partial charge in [0.15, 0.2) is 11.5 Å². The SMILES string of the molecule is CC.CCOC(=O)CCCOc1cc(NC(=O)Cc2ccc(NC(=O)Nc3ncccc3C)cc2)ccc1OC. The summed E-state index contributed by atoms with van der Waals surface area (Å²) in [4.78, 5) is 40.5. The van der Waals surface area contributed by atoms with Gasteiger partial charge in [-0.05, 0) is 61.7 Å². The van der Waals surface area contributed by atoms with E-state index in [0.717, 1.165) is 11.1 Å². The maximum Gasteiger partial charge on any atom is 0.324 e. The summed E-state index contributed by atoms with van der Waals surface area (Å²) < 4.78 is 16.0. The zero-order chi connectivity index (χ0) is 29.3. The van der Waals surface area contributed by atoms with E-state index in [9.17, 15) is 14.4 Å². The Morgan fingerprint density at radius 2 is 1.62 bits per heavy atom. The summed E-state index contributed by atoms with van der Waals surface area (Å²) in [5, 5.41) is 8.30. The second-order valence-electron chi connectivity index (χ2n) is 8.29. The van der Waals surface area contributed by atoms with E-state index in [4.69, 9.17) is 14.2 Å². The van der Waals surface area contributed by atoms with E-state index in [-0.39, 0.29) is 24.7 Å². The number of carbonyl (C=O) groups excluding carboxylic acids is 3. The fourth-order valence-electron chi connectivity index (χ4n) is 3.48. The number of rotatable bonds is 12. The maximum atomic E-state index is 12.6. The Kier molecular flexibility index (Phi) is 13.5. The number of urea groups is 1. The van der Waals surface area contributed by atoms with Crippen LogP contribution in [0.15, 0.2) is 60.8 Å². The summed E-state index contributed by atoms with van der Waals surface area (Å²) in [5.41, 5.74) is 2.77. The van der Waals surface area contributed by atoms with Crippen LogP contribution in [0.1, 0.15) is 44.7 Å². The van der Waals surface area contributed by atoms with E-state index in [2.05, 4.69) is 20.9 Å². The first-order valence-electron chi connectivity index (χ1n) is 13.2. The number of nitrogens with one attached hydrogen (secondary N) is 3. The molecule has 3 aromatic rings. The zero-order valence-corrected chi connectivity index (χ0v) is 23.7. The van der Waals surface area contributed by atoms with Gasteiger partial charge < -0.3 is 24.8 Å². The van der Waals surface area contributed by atoms with Gasteiger partial charge in [-0.2, -0.15) is 0 Å². The van der Waals surface area contributed by atoms with Gasteiger partial charge in [-0.15, -0.1) is 0 Å². The van der Waals surface area contributed by atoms with E-state index in [1.165, 1.54) is 7.11 Å². The molecule has 0 bridgehead atoms. The Morgan fingerprint density at radius 3 is 2.30 bits per heavy atom. The highest BCUT2D eigenvalue weighted by Gasteiger charge is 2.11. The van der Waals surface area contributed by atoms with Crippen LogP contribution in [0, 0.1) is 6.92 Å². The molecule has 0 radical (unpaired) electrons. The third-order valence-corrected chi connectivity index (χ3v) is 5.35. The number of methoxy groups -OCH3 is 1. The maximum absolute atomic E-state index is 12.6. The molecule has 0 unspecified atom stereocenters. The Bertz CT molecular complexity index is 1250. The van der Waals surface area contributed by atoms with Crippen molar-refractivity contribution in [3.8, 4) is 11.5 Å². The number of benzene rings is 2. The molecule has 214 valence electrons. The number of esters is 1. The number of carbonyl (C=O) groups is 3. The van der Waals surface area contributed by atoms with Gasteiger partial charge in [-0.3, -0.25) is 14.9 Å². The van der Waals surface area contributed by atoms with Gasteiger partial charge >= 0.3 is 12.0 Å². The quantitative estimate of drug-likeness (QED) is 0.187. The van der Waals surface area contributed by atoms with Gasteiger partial charge in [0.2, 0.25) is 5.91 Å². The summed E-state index contributed by atoms with van der Waals surface area (Å²) in [6, 6.07) is 15.3. The van der Waals surface area contributed by atoms with Crippen molar-refractivity contribution in [2.45, 2.75) is 47.0 Å². The lowest BCUT2D eigenvalue weighted by molar-refractivity contribution is -0.143. The number of aryl methyl sites for hydroxylation is 1. The smallest absolute Gasteiger partial charge is 0.324 e. The minimum absolute atomic E-state index is 0.140. The molecule has 0 fully saturated rings. The van der Waals surface area contributed by atoms with Crippen molar-refractivity contribution in [3.63, 3.8) is 0 Å². The second kappa shape index (κ2) is 17.1. The highest BCUT2D eigenvalue weighted by atomic mass is 16.5. The van der Waals surface area contributed by atoms with E-state index in [1.54, 1.807) is 61.7 Å². The van der Waals surface area contributed by atoms with Crippen LogP contribution in [-0.4, -0.2) is 43.2 Å². The number of hydrogen-bond donors (Lipinski definition) is 3. The Balaban J connectivity index is 0.00000274. The minimum Gasteiger partial charge on any atom is -0.493 e. The molecule has 3 amide bonds. The summed E-state index contributed by atoms with van der Waals surface area (Å²) in [7, 11) is 1.53. The average Bonchev–Trinajstić information content (AvgIpc) is 2.95. The molecule has 0 aliphatic rings. The van der Waals surface area contributed by atoms with Gasteiger partial charge in [-0.1, -0.05) is 32.0 Å². The van der Waals surface area contributed by atoms with Crippen LogP contribution >= 0.6 is 0 Å². The number of anilines is 3. The molecule has 0 aliphatic heterocycles. The van der Waals surface area contributed by atoms with Gasteiger partial charge in [0.1, 0.15) is 5.82 Å². The fourth-order valence-corrected chi connectivity index (χ4v) is 3.48. The van der Waals surface area contributed by atoms with Crippen LogP contribution in [0.5, 0.6) is 11.5 Å². The van der Waals surface area contributed by atoms with Gasteiger partial charge in [0.25, 0.3) is 0 Å². The van der Waals surface area contributed by atoms with Crippen LogP contribution in [0.4, 0.5) is 22.0 Å². The molecule has 0 aliphatic carbocycles. The molecule has 0 atom stereocenters. The summed E-state index contributed by atoms with van der Waals surface area (Å²) >= 11 is 0. The number of aromatic nitrogens is 1. The number of nitrogens with zero attached hydrogens (tertiary/aromatic N) is 1. The van der Waals surface area contributed by atoms with Crippen molar-refractivity contribution in [2.24, 2.45) is 0 Å². The Hall–Kier alpha value is -4.60. The molecule has 1 heterocycles. The van der Waals surface area contributed by atoms with Crippen LogP contribution in [0.25, 0.3) is 0 Å². The molecule has 0 saturated carbocycles. The van der Waals surface area contributed by atoms with Gasteiger partial charge in [0.05, 0.1) is 26.7 Å². The molecular weight excluding hydrogens is 512 g/mol. The molecule has 10 heteroatoms. The monoisotopic (exact) mass is 550 g/mol. The van der Waals surface area contributed by atoms with Crippen molar-refractivity contribution >= 4 is 35.1 Å². The molecule has 2 aromatic carbocycles. The number of amides is 3. The largest absolute Gasteiger partial charge is 0.493 e. The molecule has 0 saturated heterocycles. The third-order valence-electron chi connectivity index (χ3n) is 5.35.